The highest BCUT2D eigenvalue weighted by Crippen LogP contribution is 2.50. The summed E-state index contributed by atoms with van der Waals surface area (Å²) >= 11 is 13.2. The first-order valence-electron chi connectivity index (χ1n) is 22.2. The van der Waals surface area contributed by atoms with Gasteiger partial charge >= 0.3 is 0 Å². The fourth-order valence-electron chi connectivity index (χ4n) is 9.70. The first kappa shape index (κ1) is 42.8. The number of nitrogens with zero attached hydrogens (tertiary/aromatic N) is 3. The molecular weight excluding hydrogens is 762 g/mol. The number of allylic oxidation sites excluding steroid dienone is 8. The normalized spacial score (nSPS) is 19.4. The molecule has 0 spiro atoms. The van der Waals surface area contributed by atoms with Crippen LogP contribution in [0.15, 0.2) is 144 Å². The molecule has 308 valence electrons. The molecule has 4 aromatic carbocycles. The van der Waals surface area contributed by atoms with Gasteiger partial charge in [0.25, 0.3) is 0 Å². The van der Waals surface area contributed by atoms with Crippen molar-refractivity contribution in [2.45, 2.75) is 122 Å². The number of unbranched alkanes of at least 4 members (excludes halogenated alkanes) is 9. The average molecular weight is 826 g/mol. The minimum Gasteiger partial charge on any atom is -0.347 e. The van der Waals surface area contributed by atoms with Gasteiger partial charge in [-0.25, -0.2) is 0 Å². The van der Waals surface area contributed by atoms with E-state index in [4.69, 9.17) is 23.2 Å². The second-order valence-electron chi connectivity index (χ2n) is 17.8. The summed E-state index contributed by atoms with van der Waals surface area (Å²) in [5.41, 5.74) is 13.5. The zero-order valence-corrected chi connectivity index (χ0v) is 37.8. The van der Waals surface area contributed by atoms with Gasteiger partial charge in [-0.15, -0.1) is 0 Å². The molecule has 2 heterocycles. The van der Waals surface area contributed by atoms with Crippen LogP contribution in [0.2, 0.25) is 10.0 Å². The van der Waals surface area contributed by atoms with Crippen molar-refractivity contribution >= 4 is 51.7 Å². The van der Waals surface area contributed by atoms with Crippen molar-refractivity contribution in [3.63, 3.8) is 0 Å². The molecule has 0 saturated heterocycles. The molecule has 3 aliphatic rings. The lowest BCUT2D eigenvalue weighted by atomic mass is 9.83. The number of hydrogen-bond acceptors (Lipinski definition) is 2. The highest BCUT2D eigenvalue weighted by Gasteiger charge is 2.41. The van der Waals surface area contributed by atoms with Gasteiger partial charge in [0.2, 0.25) is 17.1 Å². The highest BCUT2D eigenvalue weighted by molar-refractivity contribution is 6.31. The fraction of sp³-hybridized carbons (Fsp3) is 0.389. The van der Waals surface area contributed by atoms with E-state index in [-0.39, 0.29) is 10.8 Å². The van der Waals surface area contributed by atoms with Crippen LogP contribution in [0.1, 0.15) is 123 Å². The van der Waals surface area contributed by atoms with E-state index < -0.39 is 0 Å². The summed E-state index contributed by atoms with van der Waals surface area (Å²) < 4.78 is 2.47. The molecular formula is C54H64Cl2N3+. The molecule has 5 heteroatoms. The Hall–Kier alpha value is -4.31. The maximum absolute atomic E-state index is 6.69. The molecule has 0 atom stereocenters. The molecule has 0 radical (unpaired) electrons. The Morgan fingerprint density at radius 2 is 1.02 bits per heavy atom. The molecule has 0 unspecified atom stereocenters. The van der Waals surface area contributed by atoms with Crippen LogP contribution in [0.3, 0.4) is 0 Å². The summed E-state index contributed by atoms with van der Waals surface area (Å²) in [7, 11) is 2.18. The Kier molecular flexibility index (Phi) is 13.7. The summed E-state index contributed by atoms with van der Waals surface area (Å²) in [6.07, 6.45) is 24.8. The van der Waals surface area contributed by atoms with Gasteiger partial charge in [0.1, 0.15) is 0 Å². The summed E-state index contributed by atoms with van der Waals surface area (Å²) in [5, 5.41) is 1.58. The number of anilines is 2. The Balaban J connectivity index is 1.27. The van der Waals surface area contributed by atoms with E-state index >= 15 is 0 Å². The van der Waals surface area contributed by atoms with E-state index in [1.807, 2.05) is 6.07 Å². The van der Waals surface area contributed by atoms with E-state index in [0.717, 1.165) is 40.8 Å². The van der Waals surface area contributed by atoms with Crippen molar-refractivity contribution in [3.8, 4) is 0 Å². The summed E-state index contributed by atoms with van der Waals surface area (Å²) in [4.78, 5) is 4.93. The lowest BCUT2D eigenvalue weighted by Crippen LogP contribution is -2.27. The molecule has 2 aliphatic heterocycles. The third-order valence-corrected chi connectivity index (χ3v) is 13.5. The van der Waals surface area contributed by atoms with Crippen molar-refractivity contribution in [2.75, 3.05) is 23.4 Å². The van der Waals surface area contributed by atoms with Gasteiger partial charge in [-0.2, -0.15) is 4.58 Å². The molecule has 0 amide bonds. The predicted octanol–water partition coefficient (Wildman–Crippen LogP) is 15.8. The molecule has 4 aromatic rings. The number of para-hydroxylation sites is 2. The Bertz CT molecular complexity index is 2220. The zero-order chi connectivity index (χ0) is 41.6. The maximum atomic E-state index is 6.69. The highest BCUT2D eigenvalue weighted by atomic mass is 35.5. The summed E-state index contributed by atoms with van der Waals surface area (Å²) in [6, 6.07) is 34.5. The Morgan fingerprint density at radius 1 is 0.559 bits per heavy atom. The lowest BCUT2D eigenvalue weighted by Gasteiger charge is -2.27. The van der Waals surface area contributed by atoms with E-state index in [0.29, 0.717) is 0 Å². The number of hydrogen-bond donors (Lipinski definition) is 0. The lowest BCUT2D eigenvalue weighted by molar-refractivity contribution is 0.554. The summed E-state index contributed by atoms with van der Waals surface area (Å²) in [6.45, 7) is 12.7. The van der Waals surface area contributed by atoms with Crippen LogP contribution < -0.4 is 14.4 Å². The van der Waals surface area contributed by atoms with Gasteiger partial charge in [-0.3, -0.25) is 0 Å². The quantitative estimate of drug-likeness (QED) is 0.0872. The first-order chi connectivity index (χ1) is 28.5. The SMILES string of the molecule is CCCCCCCCCCCCN1C(=CC=C2CCC(=CC=C3N(C)c4ccc(Cl)cc4C3(C)C)C2=[N+](c2ccccc2)c2ccccc2)C(C)(C)c2cc(Cl)ccc21. The topological polar surface area (TPSA) is 9.49 Å². The molecule has 0 aromatic heterocycles. The minimum absolute atomic E-state index is 0.184. The molecule has 0 N–H and O–H groups in total. The number of benzene rings is 4. The standard InChI is InChI=1S/C54H64Cl2N3/c1-7-8-9-10-11-12-13-14-15-22-37-58-49-34-32-43(56)39-47(49)54(4,5)51(58)36-30-41-28-27-40(29-35-50-53(2,3)46-38-42(55)31-33-48(46)57(50)6)52(41)59(44-23-18-16-19-24-44)45-25-20-17-21-26-45/h16-21,23-26,29-36,38-39H,7-15,22,27-28,37H2,1-6H3/q+1. The van der Waals surface area contributed by atoms with Gasteiger partial charge in [-0.05, 0) is 78.9 Å². The monoisotopic (exact) mass is 824 g/mol. The first-order valence-corrected chi connectivity index (χ1v) is 23.0. The predicted molar refractivity (Wildman–Crippen MR) is 257 cm³/mol. The number of likely N-dealkylation sites (N-methyl/N-ethyl adjacent to an activating group) is 1. The van der Waals surface area contributed by atoms with Crippen LogP contribution in [-0.4, -0.2) is 19.3 Å². The van der Waals surface area contributed by atoms with Crippen LogP contribution in [0.5, 0.6) is 0 Å². The number of rotatable bonds is 15. The summed E-state index contributed by atoms with van der Waals surface area (Å²) in [5.74, 6) is 0. The van der Waals surface area contributed by atoms with Crippen molar-refractivity contribution in [1.82, 2.24) is 4.58 Å². The van der Waals surface area contributed by atoms with Crippen LogP contribution in [-0.2, 0) is 10.8 Å². The largest absolute Gasteiger partial charge is 0.347 e. The second kappa shape index (κ2) is 18.9. The van der Waals surface area contributed by atoms with E-state index in [2.05, 4.69) is 171 Å². The maximum Gasteiger partial charge on any atom is 0.218 e. The molecule has 3 nitrogen and oxygen atoms in total. The molecule has 0 bridgehead atoms. The van der Waals surface area contributed by atoms with Gasteiger partial charge < -0.3 is 9.80 Å². The zero-order valence-electron chi connectivity index (χ0n) is 36.3. The van der Waals surface area contributed by atoms with Crippen LogP contribution in [0.25, 0.3) is 0 Å². The number of halogens is 2. The Labute approximate surface area is 365 Å². The van der Waals surface area contributed by atoms with Gasteiger partial charge in [-0.1, -0.05) is 164 Å². The molecule has 59 heavy (non-hydrogen) atoms. The van der Waals surface area contributed by atoms with Crippen LogP contribution in [0, 0.1) is 0 Å². The van der Waals surface area contributed by atoms with E-state index in [9.17, 15) is 0 Å². The third-order valence-electron chi connectivity index (χ3n) is 13.0. The average Bonchev–Trinajstić information content (AvgIpc) is 3.78. The van der Waals surface area contributed by atoms with Gasteiger partial charge in [0.15, 0.2) is 0 Å². The van der Waals surface area contributed by atoms with Gasteiger partial charge in [0.05, 0.1) is 0 Å². The minimum atomic E-state index is -0.188. The fourth-order valence-corrected chi connectivity index (χ4v) is 10.0. The molecule has 1 saturated carbocycles. The smallest absolute Gasteiger partial charge is 0.218 e. The third kappa shape index (κ3) is 9.23. The van der Waals surface area contributed by atoms with Crippen molar-refractivity contribution in [2.24, 2.45) is 0 Å². The van der Waals surface area contributed by atoms with Crippen molar-refractivity contribution in [3.05, 3.63) is 165 Å². The second-order valence-corrected chi connectivity index (χ2v) is 18.7. The van der Waals surface area contributed by atoms with Crippen molar-refractivity contribution < 1.29 is 0 Å². The van der Waals surface area contributed by atoms with Crippen molar-refractivity contribution in [1.29, 1.82) is 0 Å². The Morgan fingerprint density at radius 3 is 1.56 bits per heavy atom. The van der Waals surface area contributed by atoms with E-state index in [1.165, 1.54) is 115 Å². The molecule has 1 aliphatic carbocycles. The van der Waals surface area contributed by atoms with Crippen LogP contribution >= 0.6 is 23.2 Å². The van der Waals surface area contributed by atoms with E-state index in [1.54, 1.807) is 0 Å². The molecule has 7 rings (SSSR count). The van der Waals surface area contributed by atoms with Gasteiger partial charge in [0, 0.05) is 92.6 Å². The van der Waals surface area contributed by atoms with Crippen LogP contribution in [0.4, 0.5) is 22.7 Å². The molecule has 1 fully saturated rings. The number of fused-ring (bicyclic) bond motifs is 2.